The zero-order chi connectivity index (χ0) is 15.4. The van der Waals surface area contributed by atoms with Gasteiger partial charge in [0, 0.05) is 19.2 Å². The molecule has 5 nitrogen and oxygen atoms in total. The molecule has 0 atom stereocenters. The number of hydrogen-bond acceptors (Lipinski definition) is 5. The van der Waals surface area contributed by atoms with E-state index >= 15 is 0 Å². The van der Waals surface area contributed by atoms with Crippen LogP contribution in [0.2, 0.25) is 0 Å². The second-order valence-corrected chi connectivity index (χ2v) is 4.58. The van der Waals surface area contributed by atoms with Crippen molar-refractivity contribution in [3.05, 3.63) is 53.5 Å². The lowest BCUT2D eigenvalue weighted by atomic mass is 10.2. The summed E-state index contributed by atoms with van der Waals surface area (Å²) in [6.45, 7) is 0.271. The summed E-state index contributed by atoms with van der Waals surface area (Å²) in [7, 11) is 3.00. The number of nitrogens with two attached hydrogens (primary N) is 1. The van der Waals surface area contributed by atoms with Crippen LogP contribution in [0, 0.1) is 5.82 Å². The van der Waals surface area contributed by atoms with Crippen molar-refractivity contribution < 1.29 is 13.9 Å². The number of ether oxygens (including phenoxy) is 1. The zero-order valence-corrected chi connectivity index (χ0v) is 11.8. The predicted octanol–water partition coefficient (Wildman–Crippen LogP) is 2.23. The fourth-order valence-electron chi connectivity index (χ4n) is 2.00. The van der Waals surface area contributed by atoms with Crippen molar-refractivity contribution >= 4 is 17.5 Å². The van der Waals surface area contributed by atoms with Crippen LogP contribution in [-0.4, -0.2) is 25.1 Å². The third kappa shape index (κ3) is 3.28. The van der Waals surface area contributed by atoms with Crippen LogP contribution < -0.4 is 10.6 Å². The highest BCUT2D eigenvalue weighted by molar-refractivity contribution is 5.95. The summed E-state index contributed by atoms with van der Waals surface area (Å²) in [5.41, 5.74) is 6.76. The minimum absolute atomic E-state index is 0.247. The summed E-state index contributed by atoms with van der Waals surface area (Å²) in [5, 5.41) is 0. The molecule has 110 valence electrons. The van der Waals surface area contributed by atoms with Gasteiger partial charge in [-0.1, -0.05) is 18.2 Å². The Morgan fingerprint density at radius 2 is 2.14 bits per heavy atom. The molecular weight excluding hydrogens is 273 g/mol. The van der Waals surface area contributed by atoms with Crippen molar-refractivity contribution in [1.82, 2.24) is 4.98 Å². The van der Waals surface area contributed by atoms with Gasteiger partial charge in [0.1, 0.15) is 17.2 Å². The Kier molecular flexibility index (Phi) is 4.37. The normalized spacial score (nSPS) is 10.2. The van der Waals surface area contributed by atoms with Crippen molar-refractivity contribution in [2.75, 3.05) is 24.8 Å². The van der Waals surface area contributed by atoms with Crippen LogP contribution in [0.3, 0.4) is 0 Å². The third-order valence-corrected chi connectivity index (χ3v) is 3.02. The number of benzene rings is 1. The van der Waals surface area contributed by atoms with E-state index in [1.807, 2.05) is 0 Å². The highest BCUT2D eigenvalue weighted by atomic mass is 19.1. The molecule has 0 saturated heterocycles. The largest absolute Gasteiger partial charge is 0.465 e. The summed E-state index contributed by atoms with van der Waals surface area (Å²) >= 11 is 0. The molecule has 0 saturated carbocycles. The van der Waals surface area contributed by atoms with Gasteiger partial charge in [-0.05, 0) is 12.1 Å². The Morgan fingerprint density at radius 1 is 1.43 bits per heavy atom. The number of aromatic nitrogens is 1. The first-order valence-electron chi connectivity index (χ1n) is 6.31. The number of anilines is 2. The van der Waals surface area contributed by atoms with E-state index < -0.39 is 5.97 Å². The molecule has 2 rings (SSSR count). The smallest absolute Gasteiger partial charge is 0.341 e. The van der Waals surface area contributed by atoms with Gasteiger partial charge in [-0.15, -0.1) is 0 Å². The van der Waals surface area contributed by atoms with Gasteiger partial charge < -0.3 is 15.4 Å². The number of pyridine rings is 1. The lowest BCUT2D eigenvalue weighted by molar-refractivity contribution is 0.0601. The van der Waals surface area contributed by atoms with Crippen molar-refractivity contribution in [3.63, 3.8) is 0 Å². The first kappa shape index (κ1) is 14.8. The molecule has 0 radical (unpaired) electrons. The number of carbonyl (C=O) groups is 1. The lowest BCUT2D eigenvalue weighted by Gasteiger charge is -2.21. The monoisotopic (exact) mass is 289 g/mol. The molecule has 2 N–H and O–H groups in total. The van der Waals surface area contributed by atoms with Gasteiger partial charge >= 0.3 is 5.97 Å². The summed E-state index contributed by atoms with van der Waals surface area (Å²) in [6.07, 6.45) is 1.44. The van der Waals surface area contributed by atoms with Gasteiger partial charge in [-0.25, -0.2) is 14.2 Å². The SMILES string of the molecule is COC(=O)c1cc(N)cnc1N(C)Cc1ccccc1F. The Morgan fingerprint density at radius 3 is 2.81 bits per heavy atom. The molecule has 2 aromatic rings. The van der Waals surface area contributed by atoms with Crippen LogP contribution in [-0.2, 0) is 11.3 Å². The summed E-state index contributed by atoms with van der Waals surface area (Å²) in [6, 6.07) is 7.94. The van der Waals surface area contributed by atoms with E-state index in [0.717, 1.165) is 0 Å². The predicted molar refractivity (Wildman–Crippen MR) is 78.5 cm³/mol. The Hall–Kier alpha value is -2.63. The topological polar surface area (TPSA) is 68.5 Å². The Labute approximate surface area is 122 Å². The van der Waals surface area contributed by atoms with E-state index in [2.05, 4.69) is 4.98 Å². The second-order valence-electron chi connectivity index (χ2n) is 4.58. The maximum Gasteiger partial charge on any atom is 0.341 e. The number of halogens is 1. The first-order chi connectivity index (χ1) is 10.0. The Balaban J connectivity index is 2.33. The first-order valence-corrected chi connectivity index (χ1v) is 6.31. The molecule has 0 aliphatic heterocycles. The zero-order valence-electron chi connectivity index (χ0n) is 11.8. The minimum Gasteiger partial charge on any atom is -0.465 e. The van der Waals surface area contributed by atoms with Crippen molar-refractivity contribution in [3.8, 4) is 0 Å². The molecule has 0 amide bonds. The average Bonchev–Trinajstić information content (AvgIpc) is 2.48. The number of hydrogen-bond donors (Lipinski definition) is 1. The van der Waals surface area contributed by atoms with Gasteiger partial charge in [-0.3, -0.25) is 0 Å². The number of nitrogens with zero attached hydrogens (tertiary/aromatic N) is 2. The van der Waals surface area contributed by atoms with Gasteiger partial charge in [0.15, 0.2) is 0 Å². The highest BCUT2D eigenvalue weighted by Gasteiger charge is 2.18. The van der Waals surface area contributed by atoms with Crippen molar-refractivity contribution in [2.45, 2.75) is 6.54 Å². The maximum absolute atomic E-state index is 13.7. The van der Waals surface area contributed by atoms with Crippen LogP contribution in [0.15, 0.2) is 36.5 Å². The maximum atomic E-state index is 13.7. The fraction of sp³-hybridized carbons (Fsp3) is 0.200. The van der Waals surface area contributed by atoms with E-state index in [-0.39, 0.29) is 17.9 Å². The third-order valence-electron chi connectivity index (χ3n) is 3.02. The molecule has 1 aromatic heterocycles. The van der Waals surface area contributed by atoms with Crippen LogP contribution in [0.25, 0.3) is 0 Å². The molecule has 0 unspecified atom stereocenters. The molecule has 0 aliphatic carbocycles. The van der Waals surface area contributed by atoms with E-state index in [4.69, 9.17) is 10.5 Å². The molecule has 21 heavy (non-hydrogen) atoms. The van der Waals surface area contributed by atoms with Crippen LogP contribution in [0.1, 0.15) is 15.9 Å². The van der Waals surface area contributed by atoms with Crippen LogP contribution in [0.4, 0.5) is 15.9 Å². The Bertz CT molecular complexity index is 661. The van der Waals surface area contributed by atoms with E-state index in [1.54, 1.807) is 30.1 Å². The standard InChI is InChI=1S/C15H16FN3O2/c1-19(9-10-5-3-4-6-13(10)16)14-12(15(20)21-2)7-11(17)8-18-14/h3-8H,9,17H2,1-2H3. The molecule has 0 bridgehead atoms. The summed E-state index contributed by atoms with van der Waals surface area (Å²) in [5.74, 6) is -0.455. The molecule has 0 spiro atoms. The lowest BCUT2D eigenvalue weighted by Crippen LogP contribution is -2.22. The summed E-state index contributed by atoms with van der Waals surface area (Å²) in [4.78, 5) is 17.6. The summed E-state index contributed by atoms with van der Waals surface area (Å²) < 4.78 is 18.4. The average molecular weight is 289 g/mol. The van der Waals surface area contributed by atoms with Gasteiger partial charge in [0.2, 0.25) is 0 Å². The molecule has 0 aliphatic rings. The van der Waals surface area contributed by atoms with Crippen molar-refractivity contribution in [1.29, 1.82) is 0 Å². The molecular formula is C15H16FN3O2. The van der Waals surface area contributed by atoms with Gasteiger partial charge in [-0.2, -0.15) is 0 Å². The number of esters is 1. The quantitative estimate of drug-likeness (QED) is 0.874. The van der Waals surface area contributed by atoms with Crippen LogP contribution in [0.5, 0.6) is 0 Å². The van der Waals surface area contributed by atoms with Gasteiger partial charge in [0.25, 0.3) is 0 Å². The van der Waals surface area contributed by atoms with Crippen LogP contribution >= 0.6 is 0 Å². The van der Waals surface area contributed by atoms with E-state index in [1.165, 1.54) is 25.4 Å². The minimum atomic E-state index is -0.537. The van der Waals surface area contributed by atoms with E-state index in [9.17, 15) is 9.18 Å². The number of nitrogen functional groups attached to an aromatic ring is 1. The molecule has 0 fully saturated rings. The highest BCUT2D eigenvalue weighted by Crippen LogP contribution is 2.22. The van der Waals surface area contributed by atoms with E-state index in [0.29, 0.717) is 17.1 Å². The number of methoxy groups -OCH3 is 1. The molecule has 6 heteroatoms. The molecule has 1 heterocycles. The number of rotatable bonds is 4. The number of carbonyl (C=O) groups excluding carboxylic acids is 1. The molecule has 1 aromatic carbocycles. The second kappa shape index (κ2) is 6.21. The van der Waals surface area contributed by atoms with Crippen molar-refractivity contribution in [2.24, 2.45) is 0 Å². The fourth-order valence-corrected chi connectivity index (χ4v) is 2.00. The van der Waals surface area contributed by atoms with Gasteiger partial charge in [0.05, 0.1) is 19.0 Å².